The Morgan fingerprint density at radius 2 is 2.13 bits per heavy atom. The minimum atomic E-state index is -2.95. The third-order valence-corrected chi connectivity index (χ3v) is 4.72. The summed E-state index contributed by atoms with van der Waals surface area (Å²) in [5.41, 5.74) is 0. The molecule has 0 spiro atoms. The number of hydrogen-bond donors (Lipinski definition) is 0. The molecule has 0 aromatic rings. The van der Waals surface area contributed by atoms with Gasteiger partial charge in [0.25, 0.3) is 0 Å². The Labute approximate surface area is 97.0 Å². The maximum absolute atomic E-state index is 11.6. The predicted octanol–water partition coefficient (Wildman–Crippen LogP) is 1.64. The lowest BCUT2D eigenvalue weighted by Crippen LogP contribution is -2.41. The van der Waals surface area contributed by atoms with Gasteiger partial charge in [0.1, 0.15) is 0 Å². The minimum Gasteiger partial charge on any atom is -0.297 e. The number of halogens is 1. The number of hydrogen-bond acceptors (Lipinski definition) is 3. The average Bonchev–Trinajstić information content (AvgIpc) is 2.48. The predicted molar refractivity (Wildman–Crippen MR) is 63.9 cm³/mol. The highest BCUT2D eigenvalue weighted by molar-refractivity contribution is 7.91. The van der Waals surface area contributed by atoms with Crippen molar-refractivity contribution in [2.45, 2.75) is 30.6 Å². The molecule has 5 heteroatoms. The first kappa shape index (κ1) is 13.0. The molecule has 3 nitrogen and oxygen atoms in total. The van der Waals surface area contributed by atoms with E-state index < -0.39 is 9.84 Å². The van der Waals surface area contributed by atoms with Crippen molar-refractivity contribution >= 4 is 21.4 Å². The van der Waals surface area contributed by atoms with Gasteiger partial charge in [-0.05, 0) is 19.9 Å². The molecule has 0 amide bonds. The molecule has 1 aliphatic carbocycles. The van der Waals surface area contributed by atoms with E-state index in [9.17, 15) is 8.42 Å². The summed E-state index contributed by atoms with van der Waals surface area (Å²) in [5, 5.41) is 0.315. The van der Waals surface area contributed by atoms with Gasteiger partial charge in [0.05, 0.1) is 5.25 Å². The Hall–Kier alpha value is -0.0600. The number of sulfone groups is 1. The molecule has 0 bridgehead atoms. The maximum atomic E-state index is 11.6. The smallest absolute Gasteiger partial charge is 0.151 e. The van der Waals surface area contributed by atoms with Gasteiger partial charge < -0.3 is 0 Å². The van der Waals surface area contributed by atoms with E-state index in [1.165, 1.54) is 6.26 Å². The summed E-state index contributed by atoms with van der Waals surface area (Å²) in [6, 6.07) is 0.0931. The number of likely N-dealkylation sites (N-methyl/N-ethyl adjacent to an activating group) is 1. The molecule has 0 radical (unpaired) electrons. The van der Waals surface area contributed by atoms with Crippen LogP contribution >= 0.6 is 11.6 Å². The molecule has 1 aliphatic rings. The summed E-state index contributed by atoms with van der Waals surface area (Å²) < 4.78 is 23.1. The first-order chi connectivity index (χ1) is 6.82. The molecule has 0 heterocycles. The molecular formula is C10H18ClNO2S. The first-order valence-electron chi connectivity index (χ1n) is 5.04. The molecule has 0 aromatic heterocycles. The Kier molecular flexibility index (Phi) is 4.20. The van der Waals surface area contributed by atoms with E-state index in [4.69, 9.17) is 11.6 Å². The van der Waals surface area contributed by atoms with Crippen LogP contribution in [0.15, 0.2) is 11.6 Å². The summed E-state index contributed by atoms with van der Waals surface area (Å²) in [6.45, 7) is 4.18. The summed E-state index contributed by atoms with van der Waals surface area (Å²) in [7, 11) is -1.04. The summed E-state index contributed by atoms with van der Waals surface area (Å²) in [5.74, 6) is 0. The largest absolute Gasteiger partial charge is 0.297 e. The molecule has 0 N–H and O–H groups in total. The van der Waals surface area contributed by atoms with Crippen LogP contribution in [0.2, 0.25) is 0 Å². The molecule has 1 saturated carbocycles. The highest BCUT2D eigenvalue weighted by atomic mass is 35.5. The van der Waals surface area contributed by atoms with Gasteiger partial charge in [-0.1, -0.05) is 24.6 Å². The molecule has 88 valence electrons. The van der Waals surface area contributed by atoms with Crippen LogP contribution in [-0.2, 0) is 9.84 Å². The van der Waals surface area contributed by atoms with E-state index in [1.54, 1.807) is 0 Å². The second kappa shape index (κ2) is 4.85. The van der Waals surface area contributed by atoms with Crippen LogP contribution in [0, 0.1) is 0 Å². The van der Waals surface area contributed by atoms with Gasteiger partial charge >= 0.3 is 0 Å². The van der Waals surface area contributed by atoms with Crippen LogP contribution in [0.4, 0.5) is 0 Å². The van der Waals surface area contributed by atoms with Crippen LogP contribution in [-0.4, -0.2) is 44.5 Å². The van der Waals surface area contributed by atoms with Crippen molar-refractivity contribution < 1.29 is 8.42 Å². The topological polar surface area (TPSA) is 37.4 Å². The maximum Gasteiger partial charge on any atom is 0.151 e. The van der Waals surface area contributed by atoms with Gasteiger partial charge in [-0.3, -0.25) is 4.90 Å². The fourth-order valence-corrected chi connectivity index (χ4v) is 4.00. The molecule has 0 unspecified atom stereocenters. The van der Waals surface area contributed by atoms with Crippen LogP contribution in [0.1, 0.15) is 19.3 Å². The van der Waals surface area contributed by atoms with Crippen molar-refractivity contribution in [3.63, 3.8) is 0 Å². The highest BCUT2D eigenvalue weighted by Gasteiger charge is 2.36. The Bertz CT molecular complexity index is 339. The first-order valence-corrected chi connectivity index (χ1v) is 7.38. The Morgan fingerprint density at radius 1 is 1.53 bits per heavy atom. The van der Waals surface area contributed by atoms with E-state index in [-0.39, 0.29) is 11.3 Å². The second-order valence-electron chi connectivity index (χ2n) is 4.30. The van der Waals surface area contributed by atoms with Crippen LogP contribution in [0.25, 0.3) is 0 Å². The normalized spacial score (nSPS) is 27.2. The van der Waals surface area contributed by atoms with E-state index in [2.05, 4.69) is 6.58 Å². The van der Waals surface area contributed by atoms with E-state index in [1.807, 2.05) is 11.9 Å². The van der Waals surface area contributed by atoms with Gasteiger partial charge in [-0.25, -0.2) is 8.42 Å². The highest BCUT2D eigenvalue weighted by Crippen LogP contribution is 2.29. The zero-order valence-corrected chi connectivity index (χ0v) is 10.8. The average molecular weight is 252 g/mol. The monoisotopic (exact) mass is 251 g/mol. The second-order valence-corrected chi connectivity index (χ2v) is 7.10. The van der Waals surface area contributed by atoms with Gasteiger partial charge in [-0.15, -0.1) is 0 Å². The van der Waals surface area contributed by atoms with E-state index in [0.717, 1.165) is 19.3 Å². The summed E-state index contributed by atoms with van der Waals surface area (Å²) >= 11 is 5.73. The lowest BCUT2D eigenvalue weighted by Gasteiger charge is -2.28. The lowest BCUT2D eigenvalue weighted by molar-refractivity contribution is 0.270. The van der Waals surface area contributed by atoms with Gasteiger partial charge in [0.2, 0.25) is 0 Å². The number of rotatable bonds is 4. The molecular weight excluding hydrogens is 234 g/mol. The fourth-order valence-electron chi connectivity index (χ4n) is 2.30. The van der Waals surface area contributed by atoms with Crippen molar-refractivity contribution in [1.82, 2.24) is 4.90 Å². The Balaban J connectivity index is 2.72. The van der Waals surface area contributed by atoms with Crippen LogP contribution in [0.5, 0.6) is 0 Å². The fraction of sp³-hybridized carbons (Fsp3) is 0.800. The Morgan fingerprint density at radius 3 is 2.60 bits per heavy atom. The molecule has 2 atom stereocenters. The summed E-state index contributed by atoms with van der Waals surface area (Å²) in [6.07, 6.45) is 3.99. The molecule has 1 rings (SSSR count). The number of nitrogens with zero attached hydrogens (tertiary/aromatic N) is 1. The van der Waals surface area contributed by atoms with Crippen molar-refractivity contribution in [2.75, 3.05) is 19.8 Å². The van der Waals surface area contributed by atoms with E-state index in [0.29, 0.717) is 11.6 Å². The molecule has 15 heavy (non-hydrogen) atoms. The van der Waals surface area contributed by atoms with Crippen LogP contribution < -0.4 is 0 Å². The van der Waals surface area contributed by atoms with Gasteiger partial charge in [0, 0.05) is 23.9 Å². The molecule has 0 saturated heterocycles. The van der Waals surface area contributed by atoms with Crippen molar-refractivity contribution in [2.24, 2.45) is 0 Å². The quantitative estimate of drug-likeness (QED) is 0.762. The van der Waals surface area contributed by atoms with E-state index >= 15 is 0 Å². The molecule has 0 aliphatic heterocycles. The summed E-state index contributed by atoms with van der Waals surface area (Å²) in [4.78, 5) is 1.99. The molecule has 0 aromatic carbocycles. The van der Waals surface area contributed by atoms with Crippen LogP contribution in [0.3, 0.4) is 0 Å². The SMILES string of the molecule is C=C(Cl)CN(C)[C@@H]1CCC[C@H]1S(C)(=O)=O. The zero-order chi connectivity index (χ0) is 11.6. The van der Waals surface area contributed by atoms with Crippen molar-refractivity contribution in [3.05, 3.63) is 11.6 Å². The van der Waals surface area contributed by atoms with Crippen molar-refractivity contribution in [3.8, 4) is 0 Å². The standard InChI is InChI=1S/C10H18ClNO2S/c1-8(11)7-12(2)9-5-4-6-10(9)15(3,13)14/h9-10H,1,4-7H2,2-3H3/t9-,10-/m1/s1. The third-order valence-electron chi connectivity index (χ3n) is 2.95. The lowest BCUT2D eigenvalue weighted by atomic mass is 10.2. The zero-order valence-electron chi connectivity index (χ0n) is 9.24. The van der Waals surface area contributed by atoms with Crippen molar-refractivity contribution in [1.29, 1.82) is 0 Å². The van der Waals surface area contributed by atoms with Gasteiger partial charge in [-0.2, -0.15) is 0 Å². The minimum absolute atomic E-state index is 0.0931. The third kappa shape index (κ3) is 3.47. The molecule has 1 fully saturated rings. The van der Waals surface area contributed by atoms with Gasteiger partial charge in [0.15, 0.2) is 9.84 Å².